The number of carbonyl (C=O) groups is 2. The van der Waals surface area contributed by atoms with Crippen LogP contribution in [0.3, 0.4) is 0 Å². The lowest BCUT2D eigenvalue weighted by atomic mass is 9.86. The summed E-state index contributed by atoms with van der Waals surface area (Å²) in [6.07, 6.45) is 7.38. The van der Waals surface area contributed by atoms with Crippen LogP contribution in [0.4, 0.5) is 0 Å². The Morgan fingerprint density at radius 3 is 2.78 bits per heavy atom. The molecule has 3 heterocycles. The third kappa shape index (κ3) is 3.77. The molecular weight excluding hydrogens is 410 g/mol. The second kappa shape index (κ2) is 8.53. The number of cyclic esters (lactones) is 1. The average molecular weight is 435 g/mol. The number of aliphatic imine (C=N–C) groups is 1. The number of piperazine rings is 1. The fraction of sp³-hybridized carbons (Fsp3) is 0.375. The molecule has 5 rings (SSSR count). The second-order valence-corrected chi connectivity index (χ2v) is 8.19. The molecule has 2 unspecified atom stereocenters. The fourth-order valence-corrected chi connectivity index (χ4v) is 4.79. The Hall–Kier alpha value is -3.55. The van der Waals surface area contributed by atoms with Gasteiger partial charge in [-0.2, -0.15) is 0 Å². The van der Waals surface area contributed by atoms with E-state index in [-0.39, 0.29) is 29.6 Å². The first kappa shape index (κ1) is 20.4. The van der Waals surface area contributed by atoms with Crippen LogP contribution >= 0.6 is 0 Å². The molecule has 1 saturated carbocycles. The first-order valence-electron chi connectivity index (χ1n) is 10.9. The van der Waals surface area contributed by atoms with Gasteiger partial charge in [-0.25, -0.2) is 9.79 Å². The summed E-state index contributed by atoms with van der Waals surface area (Å²) in [6, 6.07) is 10.9. The summed E-state index contributed by atoms with van der Waals surface area (Å²) in [5.41, 5.74) is 0.962. The zero-order chi connectivity index (χ0) is 22.1. The fourth-order valence-electron chi connectivity index (χ4n) is 4.79. The SMILES string of the molecule is COc1cccc(C2=NC(=CN3CCN(C(=O)c4ccco4)C4CCCCC43)C(=O)O2)c1. The maximum Gasteiger partial charge on any atom is 0.365 e. The van der Waals surface area contributed by atoms with Crippen LogP contribution in [0.5, 0.6) is 5.75 Å². The van der Waals surface area contributed by atoms with Crippen molar-refractivity contribution in [3.63, 3.8) is 0 Å². The summed E-state index contributed by atoms with van der Waals surface area (Å²) >= 11 is 0. The molecule has 2 fully saturated rings. The molecule has 0 N–H and O–H groups in total. The number of hydrogen-bond donors (Lipinski definition) is 0. The topological polar surface area (TPSA) is 84.6 Å². The lowest BCUT2D eigenvalue weighted by Gasteiger charge is -2.49. The van der Waals surface area contributed by atoms with E-state index in [2.05, 4.69) is 9.89 Å². The Morgan fingerprint density at radius 1 is 1.16 bits per heavy atom. The van der Waals surface area contributed by atoms with Crippen molar-refractivity contribution in [2.24, 2.45) is 4.99 Å². The number of nitrogens with zero attached hydrogens (tertiary/aromatic N) is 3. The normalized spacial score (nSPS) is 24.2. The van der Waals surface area contributed by atoms with Crippen LogP contribution < -0.4 is 4.74 Å². The van der Waals surface area contributed by atoms with Gasteiger partial charge in [-0.15, -0.1) is 0 Å². The number of carbonyl (C=O) groups excluding carboxylic acids is 2. The van der Waals surface area contributed by atoms with Crippen LogP contribution in [0.15, 0.2) is 64.0 Å². The minimum absolute atomic E-state index is 0.0715. The molecule has 1 amide bonds. The van der Waals surface area contributed by atoms with Gasteiger partial charge in [0.25, 0.3) is 5.91 Å². The highest BCUT2D eigenvalue weighted by Gasteiger charge is 2.40. The van der Waals surface area contributed by atoms with Crippen molar-refractivity contribution in [3.8, 4) is 5.75 Å². The summed E-state index contributed by atoms with van der Waals surface area (Å²) in [4.78, 5) is 34.0. The zero-order valence-corrected chi connectivity index (χ0v) is 17.9. The van der Waals surface area contributed by atoms with Crippen molar-refractivity contribution in [3.05, 3.63) is 65.9 Å². The highest BCUT2D eigenvalue weighted by atomic mass is 16.6. The number of methoxy groups -OCH3 is 1. The predicted octanol–water partition coefficient (Wildman–Crippen LogP) is 3.20. The third-order valence-corrected chi connectivity index (χ3v) is 6.34. The maximum absolute atomic E-state index is 13.0. The first-order chi connectivity index (χ1) is 15.6. The minimum atomic E-state index is -0.468. The smallest absolute Gasteiger partial charge is 0.365 e. The highest BCUT2D eigenvalue weighted by molar-refractivity contribution is 6.11. The van der Waals surface area contributed by atoms with E-state index in [4.69, 9.17) is 13.9 Å². The summed E-state index contributed by atoms with van der Waals surface area (Å²) in [5, 5.41) is 0. The van der Waals surface area contributed by atoms with Crippen LogP contribution in [-0.2, 0) is 9.53 Å². The molecule has 3 aliphatic rings. The van der Waals surface area contributed by atoms with Gasteiger partial charge in [0.1, 0.15) is 5.75 Å². The maximum atomic E-state index is 13.0. The highest BCUT2D eigenvalue weighted by Crippen LogP contribution is 2.32. The van der Waals surface area contributed by atoms with Crippen molar-refractivity contribution in [1.29, 1.82) is 0 Å². The number of furan rings is 1. The summed E-state index contributed by atoms with van der Waals surface area (Å²) in [5.74, 6) is 0.767. The molecule has 1 aromatic heterocycles. The Morgan fingerprint density at radius 2 is 2.00 bits per heavy atom. The van der Waals surface area contributed by atoms with Crippen LogP contribution in [0, 0.1) is 0 Å². The van der Waals surface area contributed by atoms with E-state index in [0.29, 0.717) is 30.2 Å². The minimum Gasteiger partial charge on any atom is -0.497 e. The molecule has 1 saturated heterocycles. The standard InChI is InChI=1S/C24H25N3O5/c1-30-17-7-4-6-16(14-17)22-25-18(24(29)32-22)15-26-11-12-27(20-9-3-2-8-19(20)26)23(28)21-10-5-13-31-21/h4-7,10,13-15,19-20H,2-3,8-9,11-12H2,1H3. The van der Waals surface area contributed by atoms with Crippen molar-refractivity contribution >= 4 is 17.8 Å². The van der Waals surface area contributed by atoms with E-state index >= 15 is 0 Å². The van der Waals surface area contributed by atoms with Crippen molar-refractivity contribution in [1.82, 2.24) is 9.80 Å². The molecule has 32 heavy (non-hydrogen) atoms. The van der Waals surface area contributed by atoms with Gasteiger partial charge in [0, 0.05) is 30.9 Å². The van der Waals surface area contributed by atoms with Crippen molar-refractivity contribution in [2.75, 3.05) is 20.2 Å². The Labute approximate surface area is 186 Å². The Bertz CT molecular complexity index is 1080. The van der Waals surface area contributed by atoms with Crippen molar-refractivity contribution < 1.29 is 23.5 Å². The van der Waals surface area contributed by atoms with E-state index in [1.165, 1.54) is 6.26 Å². The van der Waals surface area contributed by atoms with Gasteiger partial charge in [0.05, 0.1) is 19.4 Å². The molecule has 0 spiro atoms. The zero-order valence-electron chi connectivity index (χ0n) is 17.9. The molecule has 2 atom stereocenters. The molecule has 166 valence electrons. The Balaban J connectivity index is 1.38. The van der Waals surface area contributed by atoms with Gasteiger partial charge in [-0.05, 0) is 43.2 Å². The monoisotopic (exact) mass is 435 g/mol. The molecule has 2 aromatic rings. The summed E-state index contributed by atoms with van der Waals surface area (Å²) < 4.78 is 16.0. The summed E-state index contributed by atoms with van der Waals surface area (Å²) in [7, 11) is 1.59. The number of esters is 1. The molecule has 8 nitrogen and oxygen atoms in total. The average Bonchev–Trinajstić information content (AvgIpc) is 3.49. The lowest BCUT2D eigenvalue weighted by Crippen LogP contribution is -2.60. The van der Waals surface area contributed by atoms with E-state index in [1.54, 1.807) is 31.5 Å². The Kier molecular flexibility index (Phi) is 5.43. The van der Waals surface area contributed by atoms with Gasteiger partial charge in [0.2, 0.25) is 5.90 Å². The van der Waals surface area contributed by atoms with Gasteiger partial charge in [-0.3, -0.25) is 4.79 Å². The van der Waals surface area contributed by atoms with Crippen LogP contribution in [0.25, 0.3) is 0 Å². The van der Waals surface area contributed by atoms with Crippen LogP contribution in [-0.4, -0.2) is 59.9 Å². The second-order valence-electron chi connectivity index (χ2n) is 8.19. The molecule has 0 radical (unpaired) electrons. The van der Waals surface area contributed by atoms with Gasteiger partial charge >= 0.3 is 5.97 Å². The summed E-state index contributed by atoms with van der Waals surface area (Å²) in [6.45, 7) is 1.18. The van der Waals surface area contributed by atoms with E-state index in [0.717, 1.165) is 25.7 Å². The van der Waals surface area contributed by atoms with Gasteiger partial charge in [-0.1, -0.05) is 18.9 Å². The number of amides is 1. The van der Waals surface area contributed by atoms with Crippen molar-refractivity contribution in [2.45, 2.75) is 37.8 Å². The molecule has 2 aliphatic heterocycles. The molecule has 1 aromatic carbocycles. The van der Waals surface area contributed by atoms with E-state index in [1.807, 2.05) is 23.1 Å². The van der Waals surface area contributed by atoms with Crippen LogP contribution in [0.1, 0.15) is 41.8 Å². The lowest BCUT2D eigenvalue weighted by molar-refractivity contribution is -0.130. The number of ether oxygens (including phenoxy) is 2. The van der Waals surface area contributed by atoms with Crippen LogP contribution in [0.2, 0.25) is 0 Å². The molecule has 1 aliphatic carbocycles. The van der Waals surface area contributed by atoms with Gasteiger partial charge < -0.3 is 23.7 Å². The van der Waals surface area contributed by atoms with E-state index in [9.17, 15) is 9.59 Å². The largest absolute Gasteiger partial charge is 0.497 e. The quantitative estimate of drug-likeness (QED) is 0.542. The number of rotatable bonds is 4. The predicted molar refractivity (Wildman–Crippen MR) is 116 cm³/mol. The molecule has 0 bridgehead atoms. The van der Waals surface area contributed by atoms with Gasteiger partial charge in [0.15, 0.2) is 11.5 Å². The first-order valence-corrected chi connectivity index (χ1v) is 10.9. The third-order valence-electron chi connectivity index (χ3n) is 6.34. The molecular formula is C24H25N3O5. The number of benzene rings is 1. The number of hydrogen-bond acceptors (Lipinski definition) is 7. The van der Waals surface area contributed by atoms with E-state index < -0.39 is 5.97 Å². The molecule has 8 heteroatoms. The number of fused-ring (bicyclic) bond motifs is 1.